The molecule has 2 N–H and O–H groups in total. The van der Waals surface area contributed by atoms with Gasteiger partial charge in [0.25, 0.3) is 0 Å². The summed E-state index contributed by atoms with van der Waals surface area (Å²) < 4.78 is 24.4. The summed E-state index contributed by atoms with van der Waals surface area (Å²) in [5.41, 5.74) is 2.17. The Labute approximate surface area is 213 Å². The summed E-state index contributed by atoms with van der Waals surface area (Å²) in [7, 11) is -3.68. The lowest BCUT2D eigenvalue weighted by molar-refractivity contribution is -0.136. The van der Waals surface area contributed by atoms with Gasteiger partial charge >= 0.3 is 11.8 Å². The number of nitrogens with one attached hydrogen (secondary N) is 2. The molecule has 9 nitrogen and oxygen atoms in total. The van der Waals surface area contributed by atoms with Crippen LogP contribution in [0.25, 0.3) is 17.0 Å². The number of aromatic nitrogens is 2. The zero-order valence-corrected chi connectivity index (χ0v) is 20.3. The number of nitrogens with zero attached hydrogens (tertiary/aromatic N) is 2. The number of hydrogen-bond acceptors (Lipinski definition) is 7. The van der Waals surface area contributed by atoms with Gasteiger partial charge in [0, 0.05) is 29.4 Å². The summed E-state index contributed by atoms with van der Waals surface area (Å²) in [5, 5.41) is 5.59. The van der Waals surface area contributed by atoms with Crippen LogP contribution in [0.2, 0.25) is 0 Å². The molecule has 0 aliphatic carbocycles. The van der Waals surface area contributed by atoms with Gasteiger partial charge in [-0.1, -0.05) is 30.3 Å². The molecule has 10 heteroatoms. The van der Waals surface area contributed by atoms with E-state index in [-0.39, 0.29) is 17.4 Å². The minimum atomic E-state index is -3.68. The molecule has 2 aromatic carbocycles. The molecule has 0 spiro atoms. The molecule has 4 aromatic rings. The fourth-order valence-electron chi connectivity index (χ4n) is 3.35. The van der Waals surface area contributed by atoms with Gasteiger partial charge < -0.3 is 10.6 Å². The van der Waals surface area contributed by atoms with Crippen LogP contribution in [0.1, 0.15) is 16.1 Å². The third-order valence-corrected chi connectivity index (χ3v) is 6.89. The quantitative estimate of drug-likeness (QED) is 0.210. The summed E-state index contributed by atoms with van der Waals surface area (Å²) in [4.78, 5) is 45.0. The maximum Gasteiger partial charge on any atom is 0.313 e. The predicted octanol–water partition coefficient (Wildman–Crippen LogP) is 3.05. The number of ketones is 1. The molecule has 2 amide bonds. The van der Waals surface area contributed by atoms with E-state index < -0.39 is 27.4 Å². The summed E-state index contributed by atoms with van der Waals surface area (Å²) in [5.74, 6) is -2.60. The molecule has 2 aromatic heterocycles. The molecular formula is C27H22N4O5S. The Bertz CT molecular complexity index is 1580. The van der Waals surface area contributed by atoms with Crippen molar-refractivity contribution in [2.75, 3.05) is 17.6 Å². The first-order valence-electron chi connectivity index (χ1n) is 11.2. The second kappa shape index (κ2) is 11.4. The maximum absolute atomic E-state index is 12.5. The first-order valence-corrected chi connectivity index (χ1v) is 12.9. The highest BCUT2D eigenvalue weighted by molar-refractivity contribution is 7.91. The lowest BCUT2D eigenvalue weighted by atomic mass is 10.1. The van der Waals surface area contributed by atoms with E-state index in [1.54, 1.807) is 18.2 Å². The zero-order valence-electron chi connectivity index (χ0n) is 19.5. The minimum absolute atomic E-state index is 0.105. The molecule has 0 aliphatic heterocycles. The maximum atomic E-state index is 12.5. The summed E-state index contributed by atoms with van der Waals surface area (Å²) >= 11 is 0. The molecule has 0 fully saturated rings. The van der Waals surface area contributed by atoms with Crippen LogP contribution in [-0.2, 0) is 19.4 Å². The smallest absolute Gasteiger partial charge is 0.313 e. The van der Waals surface area contributed by atoms with Crippen molar-refractivity contribution in [2.45, 2.75) is 5.03 Å². The molecule has 0 saturated heterocycles. The average molecular weight is 515 g/mol. The van der Waals surface area contributed by atoms with Crippen molar-refractivity contribution in [1.29, 1.82) is 0 Å². The monoisotopic (exact) mass is 514 g/mol. The number of hydrogen-bond donors (Lipinski definition) is 2. The highest BCUT2D eigenvalue weighted by Crippen LogP contribution is 2.14. The van der Waals surface area contributed by atoms with E-state index in [4.69, 9.17) is 0 Å². The topological polar surface area (TPSA) is 135 Å². The number of anilines is 1. The first kappa shape index (κ1) is 25.4. The van der Waals surface area contributed by atoms with Crippen molar-refractivity contribution in [3.63, 3.8) is 0 Å². The van der Waals surface area contributed by atoms with Gasteiger partial charge in [-0.3, -0.25) is 14.4 Å². The fraction of sp³-hybridized carbons (Fsp3) is 0.0741. The molecule has 186 valence electrons. The van der Waals surface area contributed by atoms with Crippen molar-refractivity contribution < 1.29 is 22.8 Å². The van der Waals surface area contributed by atoms with Gasteiger partial charge in [-0.25, -0.2) is 18.4 Å². The number of rotatable bonds is 8. The second-order valence-electron chi connectivity index (χ2n) is 7.90. The van der Waals surface area contributed by atoms with Crippen molar-refractivity contribution in [1.82, 2.24) is 15.3 Å². The SMILES string of the molecule is O=C(NCCS(=O)(=O)c1ccccn1)C(=O)Nc1ccc(C(=O)C=Cc2ccc3ccccc3n2)cc1. The third kappa shape index (κ3) is 6.71. The Morgan fingerprint density at radius 1 is 0.838 bits per heavy atom. The van der Waals surface area contributed by atoms with Crippen LogP contribution < -0.4 is 10.6 Å². The van der Waals surface area contributed by atoms with Gasteiger partial charge in [0.2, 0.25) is 0 Å². The predicted molar refractivity (Wildman–Crippen MR) is 139 cm³/mol. The number of fused-ring (bicyclic) bond motifs is 1. The van der Waals surface area contributed by atoms with E-state index in [0.29, 0.717) is 16.9 Å². The summed E-state index contributed by atoms with van der Waals surface area (Å²) in [6.07, 6.45) is 4.40. The van der Waals surface area contributed by atoms with Crippen LogP contribution in [0, 0.1) is 0 Å². The Balaban J connectivity index is 1.28. The molecule has 4 rings (SSSR count). The third-order valence-electron chi connectivity index (χ3n) is 5.27. The van der Waals surface area contributed by atoms with Gasteiger partial charge in [0.15, 0.2) is 20.6 Å². The van der Waals surface area contributed by atoms with Gasteiger partial charge in [0.1, 0.15) is 0 Å². The largest absolute Gasteiger partial charge is 0.347 e. The number of carbonyl (C=O) groups is 3. The zero-order chi connectivity index (χ0) is 26.3. The number of allylic oxidation sites excluding steroid dienone is 1. The van der Waals surface area contributed by atoms with E-state index in [9.17, 15) is 22.8 Å². The Morgan fingerprint density at radius 3 is 2.35 bits per heavy atom. The van der Waals surface area contributed by atoms with Crippen LogP contribution in [0.4, 0.5) is 5.69 Å². The fourth-order valence-corrected chi connectivity index (χ4v) is 4.44. The Morgan fingerprint density at radius 2 is 1.59 bits per heavy atom. The lowest BCUT2D eigenvalue weighted by Gasteiger charge is -2.07. The Hall–Kier alpha value is -4.70. The molecule has 0 bridgehead atoms. The minimum Gasteiger partial charge on any atom is -0.347 e. The molecule has 37 heavy (non-hydrogen) atoms. The molecule has 0 unspecified atom stereocenters. The van der Waals surface area contributed by atoms with Crippen LogP contribution in [0.5, 0.6) is 0 Å². The van der Waals surface area contributed by atoms with Crippen molar-refractivity contribution in [3.8, 4) is 0 Å². The molecule has 0 atom stereocenters. The Kier molecular flexibility index (Phi) is 7.80. The highest BCUT2D eigenvalue weighted by atomic mass is 32.2. The van der Waals surface area contributed by atoms with E-state index in [1.807, 2.05) is 36.4 Å². The molecule has 2 heterocycles. The number of pyridine rings is 2. The van der Waals surface area contributed by atoms with E-state index in [2.05, 4.69) is 20.6 Å². The van der Waals surface area contributed by atoms with Crippen molar-refractivity contribution in [3.05, 3.63) is 102 Å². The van der Waals surface area contributed by atoms with Gasteiger partial charge in [-0.15, -0.1) is 0 Å². The van der Waals surface area contributed by atoms with E-state index in [0.717, 1.165) is 10.9 Å². The number of carbonyl (C=O) groups excluding carboxylic acids is 3. The molecular weight excluding hydrogens is 492 g/mol. The van der Waals surface area contributed by atoms with Gasteiger partial charge in [-0.2, -0.15) is 0 Å². The summed E-state index contributed by atoms with van der Waals surface area (Å²) in [6, 6.07) is 21.9. The molecule has 0 saturated carbocycles. The standard InChI is InChI=1S/C27H22N4O5S/c32-24(15-14-21-11-8-19-5-1-2-6-23(19)30-21)20-9-12-22(13-10-20)31-27(34)26(33)29-17-18-37(35,36)25-7-3-4-16-28-25/h1-16H,17-18H2,(H,29,33)(H,31,34). The molecule has 0 radical (unpaired) electrons. The van der Waals surface area contributed by atoms with Gasteiger partial charge in [-0.05, 0) is 60.7 Å². The van der Waals surface area contributed by atoms with Gasteiger partial charge in [0.05, 0.1) is 17.0 Å². The number of para-hydroxylation sites is 1. The number of amides is 2. The van der Waals surface area contributed by atoms with Crippen LogP contribution in [0.3, 0.4) is 0 Å². The second-order valence-corrected chi connectivity index (χ2v) is 9.96. The first-order chi connectivity index (χ1) is 17.8. The normalized spacial score (nSPS) is 11.4. The van der Waals surface area contributed by atoms with Crippen LogP contribution in [0.15, 0.2) is 96.2 Å². The molecule has 0 aliphatic rings. The van der Waals surface area contributed by atoms with E-state index >= 15 is 0 Å². The van der Waals surface area contributed by atoms with Crippen LogP contribution >= 0.6 is 0 Å². The number of sulfone groups is 1. The highest BCUT2D eigenvalue weighted by Gasteiger charge is 2.18. The van der Waals surface area contributed by atoms with Crippen LogP contribution in [-0.4, -0.2) is 48.3 Å². The summed E-state index contributed by atoms with van der Waals surface area (Å²) in [6.45, 7) is -0.253. The van der Waals surface area contributed by atoms with Crippen molar-refractivity contribution in [2.24, 2.45) is 0 Å². The lowest BCUT2D eigenvalue weighted by Crippen LogP contribution is -2.37. The number of benzene rings is 2. The average Bonchev–Trinajstić information content (AvgIpc) is 2.92. The van der Waals surface area contributed by atoms with E-state index in [1.165, 1.54) is 42.6 Å². The van der Waals surface area contributed by atoms with Crippen molar-refractivity contribution >= 4 is 50.1 Å².